The van der Waals surface area contributed by atoms with Gasteiger partial charge in [0.25, 0.3) is 5.91 Å². The monoisotopic (exact) mass is 397 g/mol. The molecule has 0 saturated carbocycles. The van der Waals surface area contributed by atoms with Gasteiger partial charge in [-0.2, -0.15) is 4.31 Å². The van der Waals surface area contributed by atoms with Gasteiger partial charge in [-0.25, -0.2) is 13.2 Å². The van der Waals surface area contributed by atoms with E-state index >= 15 is 0 Å². The van der Waals surface area contributed by atoms with Crippen LogP contribution < -0.4 is 10.6 Å². The average molecular weight is 397 g/mol. The molecule has 27 heavy (non-hydrogen) atoms. The van der Waals surface area contributed by atoms with Crippen LogP contribution in [0.25, 0.3) is 0 Å². The van der Waals surface area contributed by atoms with Crippen LogP contribution >= 0.6 is 0 Å². The van der Waals surface area contributed by atoms with Crippen LogP contribution in [-0.4, -0.2) is 63.3 Å². The normalized spacial score (nSPS) is 14.6. The highest BCUT2D eigenvalue weighted by molar-refractivity contribution is 7.89. The van der Waals surface area contributed by atoms with Crippen molar-refractivity contribution in [1.82, 2.24) is 14.9 Å². The molecule has 1 aliphatic rings. The summed E-state index contributed by atoms with van der Waals surface area (Å²) < 4.78 is 31.4. The van der Waals surface area contributed by atoms with Gasteiger partial charge in [-0.05, 0) is 38.0 Å². The third-order valence-corrected chi connectivity index (χ3v) is 5.82. The minimum absolute atomic E-state index is 0.0135. The number of esters is 1. The molecule has 0 aromatic heterocycles. The largest absolute Gasteiger partial charge is 0.452 e. The lowest BCUT2D eigenvalue weighted by Gasteiger charge is -2.15. The molecule has 1 saturated heterocycles. The van der Waals surface area contributed by atoms with Gasteiger partial charge < -0.3 is 15.4 Å². The highest BCUT2D eigenvalue weighted by atomic mass is 32.2. The summed E-state index contributed by atoms with van der Waals surface area (Å²) in [5, 5.41) is 4.83. The zero-order valence-electron chi connectivity index (χ0n) is 15.1. The van der Waals surface area contributed by atoms with E-state index in [-0.39, 0.29) is 22.9 Å². The molecule has 1 fully saturated rings. The number of nitrogens with zero attached hydrogens (tertiary/aromatic N) is 1. The van der Waals surface area contributed by atoms with Gasteiger partial charge in [-0.15, -0.1) is 0 Å². The minimum atomic E-state index is -3.65. The Labute approximate surface area is 158 Å². The van der Waals surface area contributed by atoms with Crippen molar-refractivity contribution in [1.29, 1.82) is 0 Å². The molecule has 2 N–H and O–H groups in total. The van der Waals surface area contributed by atoms with E-state index in [1.54, 1.807) is 6.92 Å². The maximum absolute atomic E-state index is 12.5. The van der Waals surface area contributed by atoms with Crippen molar-refractivity contribution in [3.8, 4) is 0 Å². The van der Waals surface area contributed by atoms with E-state index in [1.165, 1.54) is 28.6 Å². The van der Waals surface area contributed by atoms with Crippen molar-refractivity contribution in [3.05, 3.63) is 29.8 Å². The average Bonchev–Trinajstić information content (AvgIpc) is 3.20. The first kappa shape index (κ1) is 20.8. The third kappa shape index (κ3) is 5.76. The molecule has 0 atom stereocenters. The summed E-state index contributed by atoms with van der Waals surface area (Å²) in [5.41, 5.74) is 0.0341. The van der Waals surface area contributed by atoms with Crippen molar-refractivity contribution in [2.45, 2.75) is 24.7 Å². The predicted octanol–water partition coefficient (Wildman–Crippen LogP) is -0.120. The lowest BCUT2D eigenvalue weighted by atomic mass is 10.2. The maximum atomic E-state index is 12.5. The van der Waals surface area contributed by atoms with E-state index in [0.717, 1.165) is 12.8 Å². The number of sulfonamides is 1. The molecule has 0 bridgehead atoms. The van der Waals surface area contributed by atoms with E-state index in [4.69, 9.17) is 4.74 Å². The summed E-state index contributed by atoms with van der Waals surface area (Å²) in [6, 6.07) is 5.53. The molecule has 2 rings (SSSR count). The minimum Gasteiger partial charge on any atom is -0.452 e. The highest BCUT2D eigenvalue weighted by Gasteiger charge is 2.27. The van der Waals surface area contributed by atoms with Crippen LogP contribution in [0, 0.1) is 0 Å². The van der Waals surface area contributed by atoms with Crippen molar-refractivity contribution in [2.24, 2.45) is 0 Å². The van der Waals surface area contributed by atoms with Crippen LogP contribution in [0.3, 0.4) is 0 Å². The summed E-state index contributed by atoms with van der Waals surface area (Å²) in [6.45, 7) is 2.33. The Kier molecular flexibility index (Phi) is 7.31. The fraction of sp³-hybridized carbons (Fsp3) is 0.471. The number of nitrogens with one attached hydrogen (secondary N) is 2. The Bertz CT molecular complexity index is 803. The zero-order chi connectivity index (χ0) is 19.9. The summed E-state index contributed by atoms with van der Waals surface area (Å²) in [7, 11) is -3.65. The Morgan fingerprint density at radius 3 is 2.48 bits per heavy atom. The van der Waals surface area contributed by atoms with Crippen molar-refractivity contribution >= 4 is 27.8 Å². The number of carbonyl (C=O) groups excluding carboxylic acids is 3. The summed E-state index contributed by atoms with van der Waals surface area (Å²) in [4.78, 5) is 35.0. The molecule has 9 nitrogen and oxygen atoms in total. The van der Waals surface area contributed by atoms with Crippen LogP contribution in [0.1, 0.15) is 30.1 Å². The second-order valence-corrected chi connectivity index (χ2v) is 7.88. The van der Waals surface area contributed by atoms with Crippen LogP contribution in [0.2, 0.25) is 0 Å². The topological polar surface area (TPSA) is 122 Å². The highest BCUT2D eigenvalue weighted by Crippen LogP contribution is 2.21. The fourth-order valence-corrected chi connectivity index (χ4v) is 4.13. The molecular formula is C17H23N3O6S. The van der Waals surface area contributed by atoms with Gasteiger partial charge >= 0.3 is 5.97 Å². The first-order valence-corrected chi connectivity index (χ1v) is 10.1. The van der Waals surface area contributed by atoms with Crippen molar-refractivity contribution in [3.63, 3.8) is 0 Å². The number of hydrogen-bond acceptors (Lipinski definition) is 6. The van der Waals surface area contributed by atoms with E-state index in [9.17, 15) is 22.8 Å². The lowest BCUT2D eigenvalue weighted by Crippen LogP contribution is -2.38. The molecule has 0 radical (unpaired) electrons. The van der Waals surface area contributed by atoms with Gasteiger partial charge in [0.2, 0.25) is 15.9 Å². The van der Waals surface area contributed by atoms with Crippen LogP contribution in [0.4, 0.5) is 0 Å². The van der Waals surface area contributed by atoms with E-state index in [0.29, 0.717) is 19.6 Å². The molecule has 1 aliphatic heterocycles. The molecule has 10 heteroatoms. The van der Waals surface area contributed by atoms with Gasteiger partial charge in [0.05, 0.1) is 17.0 Å². The van der Waals surface area contributed by atoms with E-state index in [1.807, 2.05) is 0 Å². The first-order valence-electron chi connectivity index (χ1n) is 8.65. The SMILES string of the molecule is CCNC(=O)CNC(=O)COC(=O)c1cccc(S(=O)(=O)N2CCCC2)c1. The number of ether oxygens (including phenoxy) is 1. The van der Waals surface area contributed by atoms with Gasteiger partial charge in [-0.1, -0.05) is 6.07 Å². The molecule has 1 heterocycles. The zero-order valence-corrected chi connectivity index (χ0v) is 15.9. The quantitative estimate of drug-likeness (QED) is 0.590. The van der Waals surface area contributed by atoms with Crippen molar-refractivity contribution in [2.75, 3.05) is 32.8 Å². The Hall–Kier alpha value is -2.46. The number of rotatable bonds is 8. The molecule has 0 aliphatic carbocycles. The predicted molar refractivity (Wildman–Crippen MR) is 96.4 cm³/mol. The van der Waals surface area contributed by atoms with Gasteiger partial charge in [0, 0.05) is 19.6 Å². The smallest absolute Gasteiger partial charge is 0.338 e. The first-order chi connectivity index (χ1) is 12.8. The molecule has 2 amide bonds. The molecule has 0 unspecified atom stereocenters. The molecule has 1 aromatic carbocycles. The van der Waals surface area contributed by atoms with E-state index in [2.05, 4.69) is 10.6 Å². The molecule has 1 aromatic rings. The van der Waals surface area contributed by atoms with Crippen LogP contribution in [0.15, 0.2) is 29.2 Å². The number of amides is 2. The van der Waals surface area contributed by atoms with Gasteiger partial charge in [0.15, 0.2) is 6.61 Å². The summed E-state index contributed by atoms with van der Waals surface area (Å²) in [5.74, 6) is -1.80. The summed E-state index contributed by atoms with van der Waals surface area (Å²) in [6.07, 6.45) is 1.62. The Morgan fingerprint density at radius 1 is 1.11 bits per heavy atom. The third-order valence-electron chi connectivity index (χ3n) is 3.93. The number of benzene rings is 1. The van der Waals surface area contributed by atoms with E-state index < -0.39 is 28.5 Å². The molecule has 148 valence electrons. The van der Waals surface area contributed by atoms with Crippen LogP contribution in [0.5, 0.6) is 0 Å². The number of likely N-dealkylation sites (N-methyl/N-ethyl adjacent to an activating group) is 1. The van der Waals surface area contributed by atoms with Crippen molar-refractivity contribution < 1.29 is 27.5 Å². The van der Waals surface area contributed by atoms with Crippen LogP contribution in [-0.2, 0) is 24.3 Å². The Balaban J connectivity index is 1.93. The fourth-order valence-electron chi connectivity index (χ4n) is 2.57. The Morgan fingerprint density at radius 2 is 1.81 bits per heavy atom. The maximum Gasteiger partial charge on any atom is 0.338 e. The van der Waals surface area contributed by atoms with Gasteiger partial charge in [0.1, 0.15) is 0 Å². The second-order valence-electron chi connectivity index (χ2n) is 5.95. The second kappa shape index (κ2) is 9.47. The lowest BCUT2D eigenvalue weighted by molar-refractivity contribution is -0.127. The number of carbonyl (C=O) groups is 3. The van der Waals surface area contributed by atoms with Gasteiger partial charge in [-0.3, -0.25) is 9.59 Å². The standard InChI is InChI=1S/C17H23N3O6S/c1-2-18-15(21)11-19-16(22)12-26-17(23)13-6-5-7-14(10-13)27(24,25)20-8-3-4-9-20/h5-7,10H,2-4,8-9,11-12H2,1H3,(H,18,21)(H,19,22). The number of hydrogen-bond donors (Lipinski definition) is 2. The molecule has 0 spiro atoms. The summed E-state index contributed by atoms with van der Waals surface area (Å²) >= 11 is 0. The molecular weight excluding hydrogens is 374 g/mol.